The first kappa shape index (κ1) is 28.3. The van der Waals surface area contributed by atoms with E-state index in [0.717, 1.165) is 27.8 Å². The van der Waals surface area contributed by atoms with Gasteiger partial charge in [-0.05, 0) is 34.7 Å². The van der Waals surface area contributed by atoms with Crippen LogP contribution >= 0.6 is 0 Å². The molecule has 3 amide bonds. The normalized spacial score (nSPS) is 13.3. The van der Waals surface area contributed by atoms with Crippen LogP contribution in [-0.4, -0.2) is 60.8 Å². The summed E-state index contributed by atoms with van der Waals surface area (Å²) in [5.41, 5.74) is 5.17. The molecule has 1 aliphatic carbocycles. The number of nitrogens with one attached hydrogen (secondary N) is 3. The van der Waals surface area contributed by atoms with Crippen LogP contribution in [-0.2, 0) is 30.5 Å². The largest absolute Gasteiger partial charge is 0.480 e. The van der Waals surface area contributed by atoms with E-state index in [0.29, 0.717) is 0 Å². The summed E-state index contributed by atoms with van der Waals surface area (Å²) < 4.78 is 11.5. The monoisotopic (exact) mass is 545 g/mol. The van der Waals surface area contributed by atoms with Crippen molar-refractivity contribution >= 4 is 23.9 Å². The van der Waals surface area contributed by atoms with Crippen molar-refractivity contribution in [3.63, 3.8) is 0 Å². The number of rotatable bonds is 12. The first-order chi connectivity index (χ1) is 19.3. The number of hydrogen-bond acceptors (Lipinski definition) is 6. The lowest BCUT2D eigenvalue weighted by Gasteiger charge is -2.25. The molecule has 208 valence electrons. The number of carboxylic acids is 1. The van der Waals surface area contributed by atoms with Crippen LogP contribution in [0.1, 0.15) is 29.5 Å². The lowest BCUT2D eigenvalue weighted by atomic mass is 9.98. The van der Waals surface area contributed by atoms with Gasteiger partial charge in [-0.3, -0.25) is 14.4 Å². The topological polar surface area (TPSA) is 143 Å². The Morgan fingerprint density at radius 1 is 0.825 bits per heavy atom. The van der Waals surface area contributed by atoms with Crippen molar-refractivity contribution in [3.8, 4) is 11.1 Å². The predicted octanol–water partition coefficient (Wildman–Crippen LogP) is 2.82. The van der Waals surface area contributed by atoms with Crippen molar-refractivity contribution in [1.29, 1.82) is 0 Å². The summed E-state index contributed by atoms with van der Waals surface area (Å²) in [6, 6.07) is 24.0. The number of amides is 3. The van der Waals surface area contributed by atoms with Crippen LogP contribution in [0.5, 0.6) is 0 Å². The molecule has 10 nitrogen and oxygen atoms in total. The van der Waals surface area contributed by atoms with Crippen molar-refractivity contribution in [2.45, 2.75) is 31.6 Å². The Balaban J connectivity index is 1.40. The number of benzene rings is 3. The third kappa shape index (κ3) is 7.23. The van der Waals surface area contributed by atoms with Crippen molar-refractivity contribution in [1.82, 2.24) is 16.0 Å². The van der Waals surface area contributed by atoms with Gasteiger partial charge in [-0.2, -0.15) is 0 Å². The fourth-order valence-electron chi connectivity index (χ4n) is 4.58. The van der Waals surface area contributed by atoms with E-state index in [9.17, 15) is 19.2 Å². The maximum atomic E-state index is 13.0. The zero-order chi connectivity index (χ0) is 28.5. The van der Waals surface area contributed by atoms with E-state index < -0.39 is 49.1 Å². The van der Waals surface area contributed by atoms with Crippen molar-refractivity contribution < 1.29 is 33.8 Å². The zero-order valence-corrected chi connectivity index (χ0v) is 22.0. The molecule has 0 saturated carbocycles. The molecule has 10 heteroatoms. The summed E-state index contributed by atoms with van der Waals surface area (Å²) >= 11 is 0. The molecule has 0 aromatic heterocycles. The minimum Gasteiger partial charge on any atom is -0.480 e. The second-order valence-corrected chi connectivity index (χ2v) is 9.34. The summed E-state index contributed by atoms with van der Waals surface area (Å²) in [6.45, 7) is 0.830. The highest BCUT2D eigenvalue weighted by atomic mass is 16.5. The van der Waals surface area contributed by atoms with Gasteiger partial charge in [0.25, 0.3) is 0 Å². The average molecular weight is 546 g/mol. The number of fused-ring (bicyclic) bond motifs is 3. The lowest BCUT2D eigenvalue weighted by molar-refractivity contribution is -0.137. The molecule has 0 fully saturated rings. The number of ether oxygens (including phenoxy) is 2. The molecular weight excluding hydrogens is 514 g/mol. The molecule has 2 unspecified atom stereocenters. The molecule has 0 spiro atoms. The smallest absolute Gasteiger partial charge is 0.407 e. The van der Waals surface area contributed by atoms with Gasteiger partial charge < -0.3 is 30.5 Å². The maximum Gasteiger partial charge on any atom is 0.407 e. The van der Waals surface area contributed by atoms with E-state index in [-0.39, 0.29) is 19.1 Å². The van der Waals surface area contributed by atoms with Crippen LogP contribution in [0.3, 0.4) is 0 Å². The minimum absolute atomic E-state index is 0.0606. The van der Waals surface area contributed by atoms with Crippen LogP contribution < -0.4 is 16.0 Å². The summed E-state index contributed by atoms with van der Waals surface area (Å²) in [7, 11) is 0. The third-order valence-electron chi connectivity index (χ3n) is 6.58. The number of carbonyl (C=O) groups is 4. The van der Waals surface area contributed by atoms with E-state index in [1.54, 1.807) is 6.92 Å². The fourth-order valence-corrected chi connectivity index (χ4v) is 4.58. The van der Waals surface area contributed by atoms with Gasteiger partial charge in [-0.25, -0.2) is 4.79 Å². The lowest BCUT2D eigenvalue weighted by Crippen LogP contribution is -2.54. The third-order valence-corrected chi connectivity index (χ3v) is 6.58. The van der Waals surface area contributed by atoms with Crippen LogP contribution in [0.25, 0.3) is 11.1 Å². The molecular formula is C30H31N3O7. The van der Waals surface area contributed by atoms with Crippen molar-refractivity contribution in [3.05, 3.63) is 95.6 Å². The summed E-state index contributed by atoms with van der Waals surface area (Å²) in [6.07, 6.45) is -1.60. The van der Waals surface area contributed by atoms with E-state index >= 15 is 0 Å². The van der Waals surface area contributed by atoms with E-state index in [4.69, 9.17) is 14.6 Å². The Bertz CT molecular complexity index is 1320. The predicted molar refractivity (Wildman–Crippen MR) is 146 cm³/mol. The van der Waals surface area contributed by atoms with Gasteiger partial charge in [0.2, 0.25) is 11.8 Å². The fraction of sp³-hybridized carbons (Fsp3) is 0.267. The van der Waals surface area contributed by atoms with Crippen LogP contribution in [0, 0.1) is 0 Å². The van der Waals surface area contributed by atoms with Crippen LogP contribution in [0.2, 0.25) is 0 Å². The second-order valence-electron chi connectivity index (χ2n) is 9.34. The molecule has 1 aliphatic rings. The van der Waals surface area contributed by atoms with Crippen molar-refractivity contribution in [2.24, 2.45) is 0 Å². The Kier molecular flexibility index (Phi) is 9.48. The average Bonchev–Trinajstić information content (AvgIpc) is 3.29. The Morgan fingerprint density at radius 2 is 1.43 bits per heavy atom. The van der Waals surface area contributed by atoms with Crippen molar-refractivity contribution in [2.75, 3.05) is 19.7 Å². The van der Waals surface area contributed by atoms with Gasteiger partial charge in [-0.15, -0.1) is 0 Å². The highest BCUT2D eigenvalue weighted by Gasteiger charge is 2.31. The number of alkyl carbamates (subject to hydrolysis) is 1. The molecule has 0 bridgehead atoms. The Morgan fingerprint density at radius 3 is 2.05 bits per heavy atom. The molecule has 3 aromatic carbocycles. The molecule has 0 heterocycles. The highest BCUT2D eigenvalue weighted by molar-refractivity contribution is 5.90. The van der Waals surface area contributed by atoms with Gasteiger partial charge >= 0.3 is 12.1 Å². The van der Waals surface area contributed by atoms with Crippen LogP contribution in [0.4, 0.5) is 4.79 Å². The summed E-state index contributed by atoms with van der Waals surface area (Å²) in [5, 5.41) is 15.9. The van der Waals surface area contributed by atoms with Gasteiger partial charge in [0, 0.05) is 5.92 Å². The molecule has 4 N–H and O–H groups in total. The molecule has 4 rings (SSSR count). The number of aliphatic carboxylic acids is 1. The van der Waals surface area contributed by atoms with Gasteiger partial charge in [-0.1, -0.05) is 78.9 Å². The van der Waals surface area contributed by atoms with Gasteiger partial charge in [0.1, 0.15) is 19.2 Å². The van der Waals surface area contributed by atoms with Gasteiger partial charge in [0.15, 0.2) is 0 Å². The summed E-state index contributed by atoms with van der Waals surface area (Å²) in [4.78, 5) is 48.5. The summed E-state index contributed by atoms with van der Waals surface area (Å²) in [5.74, 6) is -2.74. The number of hydrogen-bond donors (Lipinski definition) is 4. The first-order valence-electron chi connectivity index (χ1n) is 12.9. The SMILES string of the molecule is CC(OCc1ccccc1)C(NC(=O)OCC1c2ccccc2-c2ccccc21)C(=O)NCC(=O)NCC(=O)O. The molecule has 0 aliphatic heterocycles. The molecule has 0 saturated heterocycles. The van der Waals surface area contributed by atoms with E-state index in [1.807, 2.05) is 78.9 Å². The minimum atomic E-state index is -1.21. The first-order valence-corrected chi connectivity index (χ1v) is 12.9. The van der Waals surface area contributed by atoms with Crippen LogP contribution in [0.15, 0.2) is 78.9 Å². The number of carboxylic acid groups (broad SMARTS) is 1. The quantitative estimate of drug-likeness (QED) is 0.274. The highest BCUT2D eigenvalue weighted by Crippen LogP contribution is 2.44. The maximum absolute atomic E-state index is 13.0. The molecule has 40 heavy (non-hydrogen) atoms. The standard InChI is InChI=1S/C30H31N3O7/c1-19(39-17-20-9-3-2-4-10-20)28(29(37)32-15-26(34)31-16-27(35)36)33-30(38)40-18-25-23-13-7-5-11-21(23)22-12-6-8-14-24(22)25/h2-14,19,25,28H,15-18H2,1H3,(H,31,34)(H,32,37)(H,33,38)(H,35,36). The Hall–Kier alpha value is -4.70. The van der Waals surface area contributed by atoms with E-state index in [2.05, 4.69) is 16.0 Å². The zero-order valence-electron chi connectivity index (χ0n) is 22.0. The molecule has 0 radical (unpaired) electrons. The molecule has 3 aromatic rings. The van der Waals surface area contributed by atoms with E-state index in [1.165, 1.54) is 0 Å². The van der Waals surface area contributed by atoms with Gasteiger partial charge in [0.05, 0.1) is 19.3 Å². The number of carbonyl (C=O) groups excluding carboxylic acids is 3. The molecule has 2 atom stereocenters. The Labute approximate surface area is 231 Å². The second kappa shape index (κ2) is 13.4.